The van der Waals surface area contributed by atoms with Gasteiger partial charge in [0.05, 0.1) is 10.6 Å². The number of thioether (sulfide) groups is 1. The number of hydrogen-bond acceptors (Lipinski definition) is 3. The average Bonchev–Trinajstić information content (AvgIpc) is 2.91. The SMILES string of the molecule is Cc1ccc(N2C(=O)/C(=C\c3cccc4ccccc34)SC2=S)cc1C. The summed E-state index contributed by atoms with van der Waals surface area (Å²) in [6.45, 7) is 4.10. The van der Waals surface area contributed by atoms with Crippen LogP contribution in [0.3, 0.4) is 0 Å². The Kier molecular flexibility index (Phi) is 4.39. The van der Waals surface area contributed by atoms with E-state index in [9.17, 15) is 4.79 Å². The van der Waals surface area contributed by atoms with Gasteiger partial charge in [0.1, 0.15) is 0 Å². The van der Waals surface area contributed by atoms with Crippen molar-refractivity contribution in [2.75, 3.05) is 4.90 Å². The summed E-state index contributed by atoms with van der Waals surface area (Å²) in [6.07, 6.45) is 1.95. The minimum atomic E-state index is -0.0591. The maximum atomic E-state index is 13.0. The van der Waals surface area contributed by atoms with Crippen LogP contribution >= 0.6 is 24.0 Å². The van der Waals surface area contributed by atoms with Crippen molar-refractivity contribution in [3.8, 4) is 0 Å². The molecule has 26 heavy (non-hydrogen) atoms. The third-order valence-corrected chi connectivity index (χ3v) is 5.95. The molecule has 128 valence electrons. The predicted octanol–water partition coefficient (Wildman–Crippen LogP) is 5.86. The van der Waals surface area contributed by atoms with E-state index in [1.165, 1.54) is 17.3 Å². The third-order valence-electron chi connectivity index (χ3n) is 4.65. The topological polar surface area (TPSA) is 20.3 Å². The number of nitrogens with zero attached hydrogens (tertiary/aromatic N) is 1. The molecule has 2 nitrogen and oxygen atoms in total. The van der Waals surface area contributed by atoms with Gasteiger partial charge in [-0.25, -0.2) is 0 Å². The summed E-state index contributed by atoms with van der Waals surface area (Å²) in [5.41, 5.74) is 4.21. The Labute approximate surface area is 162 Å². The highest BCUT2D eigenvalue weighted by atomic mass is 32.2. The molecule has 1 fully saturated rings. The van der Waals surface area contributed by atoms with Gasteiger partial charge in [-0.15, -0.1) is 0 Å². The monoisotopic (exact) mass is 375 g/mol. The first-order valence-corrected chi connectivity index (χ1v) is 9.60. The lowest BCUT2D eigenvalue weighted by Gasteiger charge is -2.16. The van der Waals surface area contributed by atoms with Gasteiger partial charge in [0.2, 0.25) is 0 Å². The lowest BCUT2D eigenvalue weighted by molar-refractivity contribution is -0.113. The standard InChI is InChI=1S/C22H17NOS2/c1-14-10-11-18(12-15(14)2)23-21(24)20(26-22(23)25)13-17-8-5-7-16-6-3-4-9-19(16)17/h3-13H,1-2H3/b20-13+. The highest BCUT2D eigenvalue weighted by molar-refractivity contribution is 8.27. The maximum Gasteiger partial charge on any atom is 0.270 e. The molecule has 0 saturated carbocycles. The van der Waals surface area contributed by atoms with Crippen LogP contribution in [0.4, 0.5) is 5.69 Å². The van der Waals surface area contributed by atoms with Crippen LogP contribution in [0.15, 0.2) is 65.6 Å². The first-order valence-electron chi connectivity index (χ1n) is 8.37. The van der Waals surface area contributed by atoms with Crippen LogP contribution in [0.25, 0.3) is 16.8 Å². The summed E-state index contributed by atoms with van der Waals surface area (Å²) in [5, 5.41) is 2.29. The number of aryl methyl sites for hydroxylation is 2. The lowest BCUT2D eigenvalue weighted by atomic mass is 10.0. The van der Waals surface area contributed by atoms with Crippen LogP contribution in [0, 0.1) is 13.8 Å². The Hall–Kier alpha value is -2.43. The van der Waals surface area contributed by atoms with Gasteiger partial charge in [-0.1, -0.05) is 72.5 Å². The van der Waals surface area contributed by atoms with E-state index in [-0.39, 0.29) is 5.91 Å². The van der Waals surface area contributed by atoms with Crippen molar-refractivity contribution in [3.05, 3.63) is 82.3 Å². The van der Waals surface area contributed by atoms with Crippen molar-refractivity contribution in [2.45, 2.75) is 13.8 Å². The number of carbonyl (C=O) groups excluding carboxylic acids is 1. The first-order chi connectivity index (χ1) is 12.5. The van der Waals surface area contributed by atoms with Gasteiger partial charge in [-0.2, -0.15) is 0 Å². The summed E-state index contributed by atoms with van der Waals surface area (Å²) >= 11 is 6.85. The molecule has 1 aliphatic rings. The third kappa shape index (κ3) is 2.96. The quantitative estimate of drug-likeness (QED) is 0.413. The molecular weight excluding hydrogens is 358 g/mol. The second kappa shape index (κ2) is 6.71. The summed E-state index contributed by atoms with van der Waals surface area (Å²) in [7, 11) is 0. The fourth-order valence-corrected chi connectivity index (χ4v) is 4.36. The molecule has 0 aliphatic carbocycles. The van der Waals surface area contributed by atoms with Crippen LogP contribution in [0.5, 0.6) is 0 Å². The van der Waals surface area contributed by atoms with Gasteiger partial charge in [0, 0.05) is 0 Å². The number of carbonyl (C=O) groups is 1. The molecule has 4 rings (SSSR count). The van der Waals surface area contributed by atoms with E-state index in [2.05, 4.69) is 25.1 Å². The molecule has 0 unspecified atom stereocenters. The van der Waals surface area contributed by atoms with E-state index in [0.717, 1.165) is 27.6 Å². The minimum absolute atomic E-state index is 0.0591. The number of hydrogen-bond donors (Lipinski definition) is 0. The molecule has 3 aromatic rings. The largest absolute Gasteiger partial charge is 0.270 e. The summed E-state index contributed by atoms with van der Waals surface area (Å²) in [4.78, 5) is 15.3. The summed E-state index contributed by atoms with van der Waals surface area (Å²) in [5.74, 6) is -0.0591. The fourth-order valence-electron chi connectivity index (χ4n) is 3.07. The first kappa shape index (κ1) is 17.0. The number of rotatable bonds is 2. The Morgan fingerprint density at radius 1 is 0.962 bits per heavy atom. The van der Waals surface area contributed by atoms with E-state index in [1.807, 2.05) is 55.5 Å². The Morgan fingerprint density at radius 3 is 2.54 bits per heavy atom. The van der Waals surface area contributed by atoms with Crippen LogP contribution < -0.4 is 4.90 Å². The van der Waals surface area contributed by atoms with Crippen molar-refractivity contribution in [1.29, 1.82) is 0 Å². The molecule has 4 heteroatoms. The van der Waals surface area contributed by atoms with Crippen LogP contribution in [-0.2, 0) is 4.79 Å². The van der Waals surface area contributed by atoms with Crippen LogP contribution in [-0.4, -0.2) is 10.2 Å². The van der Waals surface area contributed by atoms with Crippen molar-refractivity contribution in [1.82, 2.24) is 0 Å². The van der Waals surface area contributed by atoms with E-state index in [1.54, 1.807) is 4.90 Å². The zero-order chi connectivity index (χ0) is 18.3. The van der Waals surface area contributed by atoms with Crippen molar-refractivity contribution in [2.24, 2.45) is 0 Å². The van der Waals surface area contributed by atoms with Gasteiger partial charge >= 0.3 is 0 Å². The molecular formula is C22H17NOS2. The number of fused-ring (bicyclic) bond motifs is 1. The highest BCUT2D eigenvalue weighted by Gasteiger charge is 2.33. The van der Waals surface area contributed by atoms with Crippen LogP contribution in [0.2, 0.25) is 0 Å². The number of thiocarbonyl (C=S) groups is 1. The van der Waals surface area contributed by atoms with Gasteiger partial charge < -0.3 is 0 Å². The average molecular weight is 376 g/mol. The van der Waals surface area contributed by atoms with Crippen molar-refractivity contribution in [3.63, 3.8) is 0 Å². The minimum Gasteiger partial charge on any atom is -0.268 e. The van der Waals surface area contributed by atoms with E-state index in [4.69, 9.17) is 12.2 Å². The number of anilines is 1. The molecule has 0 atom stereocenters. The highest BCUT2D eigenvalue weighted by Crippen LogP contribution is 2.37. The second-order valence-electron chi connectivity index (χ2n) is 6.35. The summed E-state index contributed by atoms with van der Waals surface area (Å²) in [6, 6.07) is 20.3. The zero-order valence-corrected chi connectivity index (χ0v) is 16.2. The molecule has 0 N–H and O–H groups in total. The molecule has 0 bridgehead atoms. The Balaban J connectivity index is 1.75. The molecule has 1 amide bonds. The van der Waals surface area contributed by atoms with Gasteiger partial charge in [-0.05, 0) is 59.5 Å². The maximum absolute atomic E-state index is 13.0. The molecule has 0 aromatic heterocycles. The number of benzene rings is 3. The lowest BCUT2D eigenvalue weighted by Crippen LogP contribution is -2.27. The van der Waals surface area contributed by atoms with E-state index >= 15 is 0 Å². The van der Waals surface area contributed by atoms with E-state index in [0.29, 0.717) is 9.23 Å². The van der Waals surface area contributed by atoms with Crippen molar-refractivity contribution < 1.29 is 4.79 Å². The Morgan fingerprint density at radius 2 is 1.73 bits per heavy atom. The van der Waals surface area contributed by atoms with Gasteiger partial charge in [0.25, 0.3) is 5.91 Å². The molecule has 0 radical (unpaired) electrons. The Bertz CT molecular complexity index is 1080. The molecule has 1 heterocycles. The molecule has 1 saturated heterocycles. The smallest absolute Gasteiger partial charge is 0.268 e. The molecule has 1 aliphatic heterocycles. The van der Waals surface area contributed by atoms with E-state index < -0.39 is 0 Å². The van der Waals surface area contributed by atoms with Crippen molar-refractivity contribution >= 4 is 56.7 Å². The number of amides is 1. The van der Waals surface area contributed by atoms with Gasteiger partial charge in [-0.3, -0.25) is 9.69 Å². The zero-order valence-electron chi connectivity index (χ0n) is 14.5. The summed E-state index contributed by atoms with van der Waals surface area (Å²) < 4.78 is 0.574. The van der Waals surface area contributed by atoms with Crippen LogP contribution in [0.1, 0.15) is 16.7 Å². The normalized spacial score (nSPS) is 16.1. The van der Waals surface area contributed by atoms with Gasteiger partial charge in [0.15, 0.2) is 4.32 Å². The second-order valence-corrected chi connectivity index (χ2v) is 8.03. The molecule has 0 spiro atoms. The fraction of sp³-hybridized carbons (Fsp3) is 0.0909. The predicted molar refractivity (Wildman–Crippen MR) is 116 cm³/mol. The molecule has 3 aromatic carbocycles.